The molecule has 0 aliphatic rings. The number of benzene rings is 3. The number of nitro benzene ring substituents is 1. The lowest BCUT2D eigenvalue weighted by molar-refractivity contribution is -0.384. The largest absolute Gasteiger partial charge is 0.399 e. The molecule has 2 N–H and O–H groups in total. The minimum atomic E-state index is -0.391. The van der Waals surface area contributed by atoms with Gasteiger partial charge in [0.2, 0.25) is 0 Å². The summed E-state index contributed by atoms with van der Waals surface area (Å²) in [7, 11) is 0. The average Bonchev–Trinajstić information content (AvgIpc) is 2.79. The third-order valence-electron chi connectivity index (χ3n) is 4.65. The molecule has 7 heteroatoms. The Balaban J connectivity index is 1.86. The van der Waals surface area contributed by atoms with E-state index < -0.39 is 4.92 Å². The minimum Gasteiger partial charge on any atom is -0.399 e. The summed E-state index contributed by atoms with van der Waals surface area (Å²) < 4.78 is 0. The lowest BCUT2D eigenvalue weighted by Crippen LogP contribution is -2.14. The van der Waals surface area contributed by atoms with Gasteiger partial charge in [-0.15, -0.1) is 5.11 Å². The monoisotopic (exact) mass is 413 g/mol. The molecular weight excluding hydrogens is 390 g/mol. The summed E-state index contributed by atoms with van der Waals surface area (Å²) in [5, 5.41) is 21.9. The topological polar surface area (TPSA) is 97.1 Å². The summed E-state index contributed by atoms with van der Waals surface area (Å²) >= 11 is 0. The molecule has 7 nitrogen and oxygen atoms in total. The standard InChI is InChI=1S/C24H23N5O2/c1-3-28(4-2)27-26-22-14-10-20(11-15-22)23-16-9-19(17-24(23)29(30)31)6-5-18-7-12-21(25)13-8-18/h7-17H,3-4,25H2,1-2H3/b27-26+. The molecule has 3 aromatic rings. The van der Waals surface area contributed by atoms with E-state index in [1.54, 1.807) is 48.5 Å². The van der Waals surface area contributed by atoms with Gasteiger partial charge in [0.15, 0.2) is 0 Å². The number of nitrogens with zero attached hydrogens (tertiary/aromatic N) is 4. The van der Waals surface area contributed by atoms with Gasteiger partial charge in [0.25, 0.3) is 5.69 Å². The fourth-order valence-corrected chi connectivity index (χ4v) is 2.89. The Morgan fingerprint density at radius 2 is 1.55 bits per heavy atom. The molecule has 0 unspecified atom stereocenters. The van der Waals surface area contributed by atoms with Gasteiger partial charge in [-0.2, -0.15) is 0 Å². The first-order valence-corrected chi connectivity index (χ1v) is 9.93. The van der Waals surface area contributed by atoms with Gasteiger partial charge in [-0.05, 0) is 67.9 Å². The van der Waals surface area contributed by atoms with Gasteiger partial charge < -0.3 is 5.73 Å². The lowest BCUT2D eigenvalue weighted by Gasteiger charge is -2.11. The zero-order valence-corrected chi connectivity index (χ0v) is 17.4. The van der Waals surface area contributed by atoms with E-state index in [1.165, 1.54) is 6.07 Å². The number of nitrogen functional groups attached to an aromatic ring is 1. The van der Waals surface area contributed by atoms with Gasteiger partial charge in [0, 0.05) is 36.0 Å². The molecule has 0 aliphatic heterocycles. The van der Waals surface area contributed by atoms with Crippen molar-refractivity contribution in [1.29, 1.82) is 0 Å². The normalized spacial score (nSPS) is 10.5. The highest BCUT2D eigenvalue weighted by molar-refractivity contribution is 5.75. The zero-order chi connectivity index (χ0) is 22.2. The van der Waals surface area contributed by atoms with Crippen molar-refractivity contribution < 1.29 is 4.92 Å². The van der Waals surface area contributed by atoms with Crippen LogP contribution in [0.1, 0.15) is 25.0 Å². The average molecular weight is 413 g/mol. The maximum absolute atomic E-state index is 11.7. The number of nitrogens with two attached hydrogens (primary N) is 1. The molecule has 156 valence electrons. The molecule has 0 aliphatic carbocycles. The quantitative estimate of drug-likeness (QED) is 0.187. The van der Waals surface area contributed by atoms with E-state index in [2.05, 4.69) is 22.2 Å². The maximum atomic E-state index is 11.7. The molecule has 3 aromatic carbocycles. The van der Waals surface area contributed by atoms with Gasteiger partial charge in [0.1, 0.15) is 0 Å². The fourth-order valence-electron chi connectivity index (χ4n) is 2.89. The second kappa shape index (κ2) is 10.0. The van der Waals surface area contributed by atoms with Crippen LogP contribution in [0.25, 0.3) is 11.1 Å². The first kappa shape index (κ1) is 21.5. The Labute approximate surface area is 181 Å². The van der Waals surface area contributed by atoms with Crippen LogP contribution in [0.5, 0.6) is 0 Å². The molecule has 0 radical (unpaired) electrons. The van der Waals surface area contributed by atoms with E-state index in [1.807, 2.05) is 31.0 Å². The van der Waals surface area contributed by atoms with Crippen molar-refractivity contribution in [3.63, 3.8) is 0 Å². The highest BCUT2D eigenvalue weighted by atomic mass is 16.6. The SMILES string of the molecule is CCN(CC)/N=N/c1ccc(-c2ccc(C#Cc3ccc(N)cc3)cc2[N+](=O)[O-])cc1. The highest BCUT2D eigenvalue weighted by Crippen LogP contribution is 2.32. The Hall–Kier alpha value is -4.18. The van der Waals surface area contributed by atoms with Crippen LogP contribution in [0.4, 0.5) is 17.1 Å². The van der Waals surface area contributed by atoms with Crippen LogP contribution < -0.4 is 5.73 Å². The van der Waals surface area contributed by atoms with Crippen LogP contribution in [0.2, 0.25) is 0 Å². The Bertz CT molecular complexity index is 1140. The van der Waals surface area contributed by atoms with Crippen molar-refractivity contribution in [3.8, 4) is 23.0 Å². The molecular formula is C24H23N5O2. The number of hydrogen-bond acceptors (Lipinski definition) is 5. The Morgan fingerprint density at radius 3 is 2.16 bits per heavy atom. The number of rotatable bonds is 6. The van der Waals surface area contributed by atoms with Gasteiger partial charge >= 0.3 is 0 Å². The molecule has 0 aromatic heterocycles. The Kier molecular flexibility index (Phi) is 6.97. The molecule has 31 heavy (non-hydrogen) atoms. The summed E-state index contributed by atoms with van der Waals surface area (Å²) in [5.41, 5.74) is 9.62. The second-order valence-electron chi connectivity index (χ2n) is 6.74. The first-order valence-electron chi connectivity index (χ1n) is 9.93. The number of anilines is 1. The molecule has 0 bridgehead atoms. The molecule has 0 atom stereocenters. The highest BCUT2D eigenvalue weighted by Gasteiger charge is 2.16. The second-order valence-corrected chi connectivity index (χ2v) is 6.74. The molecule has 0 saturated heterocycles. The van der Waals surface area contributed by atoms with E-state index in [0.29, 0.717) is 22.5 Å². The van der Waals surface area contributed by atoms with Gasteiger partial charge in [-0.3, -0.25) is 15.1 Å². The molecule has 3 rings (SSSR count). The van der Waals surface area contributed by atoms with Crippen molar-refractivity contribution in [1.82, 2.24) is 5.01 Å². The number of nitro groups is 1. The maximum Gasteiger partial charge on any atom is 0.278 e. The minimum absolute atomic E-state index is 0.00150. The van der Waals surface area contributed by atoms with E-state index in [0.717, 1.165) is 24.2 Å². The molecule has 0 heterocycles. The summed E-state index contributed by atoms with van der Waals surface area (Å²) in [6.07, 6.45) is 0. The summed E-state index contributed by atoms with van der Waals surface area (Å²) in [5.74, 6) is 5.97. The van der Waals surface area contributed by atoms with Crippen LogP contribution in [0.3, 0.4) is 0 Å². The Morgan fingerprint density at radius 1 is 0.935 bits per heavy atom. The predicted molar refractivity (Wildman–Crippen MR) is 123 cm³/mol. The van der Waals surface area contributed by atoms with Crippen LogP contribution >= 0.6 is 0 Å². The predicted octanol–water partition coefficient (Wildman–Crippen LogP) is 5.58. The van der Waals surface area contributed by atoms with Crippen molar-refractivity contribution in [2.75, 3.05) is 18.8 Å². The molecule has 0 fully saturated rings. The lowest BCUT2D eigenvalue weighted by atomic mass is 10.0. The summed E-state index contributed by atoms with van der Waals surface area (Å²) in [6, 6.07) is 19.3. The van der Waals surface area contributed by atoms with E-state index in [9.17, 15) is 10.1 Å². The summed E-state index contributed by atoms with van der Waals surface area (Å²) in [4.78, 5) is 11.3. The van der Waals surface area contributed by atoms with Crippen molar-refractivity contribution in [2.24, 2.45) is 10.3 Å². The molecule has 0 saturated carbocycles. The van der Waals surface area contributed by atoms with Crippen LogP contribution in [0, 0.1) is 22.0 Å². The zero-order valence-electron chi connectivity index (χ0n) is 17.4. The third-order valence-corrected chi connectivity index (χ3v) is 4.65. The van der Waals surface area contributed by atoms with Gasteiger partial charge in [-0.1, -0.05) is 29.2 Å². The van der Waals surface area contributed by atoms with Crippen molar-refractivity contribution in [2.45, 2.75) is 13.8 Å². The van der Waals surface area contributed by atoms with Crippen LogP contribution in [0.15, 0.2) is 77.1 Å². The van der Waals surface area contributed by atoms with Gasteiger partial charge in [0.05, 0.1) is 16.2 Å². The van der Waals surface area contributed by atoms with Gasteiger partial charge in [-0.25, -0.2) is 0 Å². The summed E-state index contributed by atoms with van der Waals surface area (Å²) in [6.45, 7) is 5.57. The van der Waals surface area contributed by atoms with E-state index in [-0.39, 0.29) is 5.69 Å². The van der Waals surface area contributed by atoms with E-state index in [4.69, 9.17) is 5.73 Å². The van der Waals surface area contributed by atoms with Crippen molar-refractivity contribution >= 4 is 17.1 Å². The third kappa shape index (κ3) is 5.67. The van der Waals surface area contributed by atoms with E-state index >= 15 is 0 Å². The molecule has 0 spiro atoms. The van der Waals surface area contributed by atoms with Crippen molar-refractivity contribution in [3.05, 3.63) is 88.0 Å². The van der Waals surface area contributed by atoms with Crippen LogP contribution in [-0.2, 0) is 0 Å². The first-order chi connectivity index (χ1) is 15.0. The number of hydrogen-bond donors (Lipinski definition) is 1. The fraction of sp³-hybridized carbons (Fsp3) is 0.167. The molecule has 0 amide bonds. The van der Waals surface area contributed by atoms with Crippen LogP contribution in [-0.4, -0.2) is 23.0 Å². The smallest absolute Gasteiger partial charge is 0.278 e.